The van der Waals surface area contributed by atoms with E-state index in [0.717, 1.165) is 34.5 Å². The van der Waals surface area contributed by atoms with Crippen LogP contribution in [0.1, 0.15) is 26.3 Å². The number of para-hydroxylation sites is 1. The highest BCUT2D eigenvalue weighted by atomic mass is 19.1. The summed E-state index contributed by atoms with van der Waals surface area (Å²) in [6, 6.07) is 16.9. The number of anilines is 1. The molecule has 1 aliphatic heterocycles. The van der Waals surface area contributed by atoms with E-state index in [4.69, 9.17) is 4.99 Å². The summed E-state index contributed by atoms with van der Waals surface area (Å²) >= 11 is 0. The molecule has 132 valence electrons. The van der Waals surface area contributed by atoms with Crippen molar-refractivity contribution in [1.82, 2.24) is 4.98 Å². The Hall–Kier alpha value is -2.75. The molecule has 3 nitrogen and oxygen atoms in total. The molecule has 3 aromatic rings. The van der Waals surface area contributed by atoms with Gasteiger partial charge in [0.2, 0.25) is 0 Å². The van der Waals surface area contributed by atoms with Crippen LogP contribution in [0.5, 0.6) is 0 Å². The molecule has 0 N–H and O–H groups in total. The summed E-state index contributed by atoms with van der Waals surface area (Å²) in [7, 11) is 0. The van der Waals surface area contributed by atoms with Gasteiger partial charge in [-0.2, -0.15) is 0 Å². The molecule has 0 amide bonds. The highest BCUT2D eigenvalue weighted by molar-refractivity contribution is 6.17. The number of hydrogen-bond donors (Lipinski definition) is 0. The number of aromatic nitrogens is 1. The highest BCUT2D eigenvalue weighted by Crippen LogP contribution is 2.33. The van der Waals surface area contributed by atoms with E-state index in [1.165, 1.54) is 12.1 Å². The van der Waals surface area contributed by atoms with Crippen molar-refractivity contribution < 1.29 is 4.39 Å². The molecule has 4 heteroatoms. The van der Waals surface area contributed by atoms with Crippen molar-refractivity contribution in [3.05, 3.63) is 72.2 Å². The van der Waals surface area contributed by atoms with Gasteiger partial charge >= 0.3 is 0 Å². The van der Waals surface area contributed by atoms with Crippen molar-refractivity contribution >= 4 is 22.4 Å². The monoisotopic (exact) mass is 347 g/mol. The molecule has 0 spiro atoms. The SMILES string of the molecule is CC(C)(C)C1CN(c2ccc(F)cc2)C(c2cccc3cccnc23)=N1. The van der Waals surface area contributed by atoms with Gasteiger partial charge in [-0.05, 0) is 41.8 Å². The fourth-order valence-corrected chi connectivity index (χ4v) is 3.33. The zero-order valence-electron chi connectivity index (χ0n) is 15.3. The maximum atomic E-state index is 13.4. The van der Waals surface area contributed by atoms with Crippen LogP contribution < -0.4 is 4.90 Å². The van der Waals surface area contributed by atoms with Gasteiger partial charge in [0.05, 0.1) is 11.6 Å². The summed E-state index contributed by atoms with van der Waals surface area (Å²) in [6.07, 6.45) is 1.81. The number of nitrogens with zero attached hydrogens (tertiary/aromatic N) is 3. The van der Waals surface area contributed by atoms with Crippen LogP contribution in [-0.2, 0) is 0 Å². The molecule has 2 aromatic carbocycles. The second kappa shape index (κ2) is 6.20. The smallest absolute Gasteiger partial charge is 0.138 e. The van der Waals surface area contributed by atoms with E-state index in [0.29, 0.717) is 0 Å². The van der Waals surface area contributed by atoms with E-state index in [1.807, 2.05) is 30.5 Å². The number of hydrogen-bond acceptors (Lipinski definition) is 3. The van der Waals surface area contributed by atoms with Gasteiger partial charge in [0.25, 0.3) is 0 Å². The van der Waals surface area contributed by atoms with Crippen molar-refractivity contribution in [3.63, 3.8) is 0 Å². The third-order valence-electron chi connectivity index (χ3n) is 4.90. The lowest BCUT2D eigenvalue weighted by atomic mass is 9.87. The summed E-state index contributed by atoms with van der Waals surface area (Å²) in [5.74, 6) is 0.673. The Morgan fingerprint density at radius 3 is 2.46 bits per heavy atom. The Kier molecular flexibility index (Phi) is 3.98. The van der Waals surface area contributed by atoms with Gasteiger partial charge in [-0.3, -0.25) is 9.98 Å². The molecule has 2 heterocycles. The Morgan fingerprint density at radius 1 is 1.00 bits per heavy atom. The van der Waals surface area contributed by atoms with Gasteiger partial charge in [-0.25, -0.2) is 4.39 Å². The average molecular weight is 347 g/mol. The standard InChI is InChI=1S/C22H22FN3/c1-22(2,3)19-14-26(17-11-9-16(23)10-12-17)21(25-19)18-8-4-6-15-7-5-13-24-20(15)18/h4-13,19H,14H2,1-3H3. The van der Waals surface area contributed by atoms with E-state index in [2.05, 4.69) is 48.9 Å². The van der Waals surface area contributed by atoms with Gasteiger partial charge in [-0.1, -0.05) is 39.0 Å². The van der Waals surface area contributed by atoms with Gasteiger partial charge in [0.15, 0.2) is 0 Å². The lowest BCUT2D eigenvalue weighted by molar-refractivity contribution is 0.337. The van der Waals surface area contributed by atoms with Crippen LogP contribution in [0.15, 0.2) is 65.8 Å². The van der Waals surface area contributed by atoms with Crippen LogP contribution >= 0.6 is 0 Å². The molecular weight excluding hydrogens is 325 g/mol. The van der Waals surface area contributed by atoms with Gasteiger partial charge in [-0.15, -0.1) is 0 Å². The second-order valence-electron chi connectivity index (χ2n) is 7.80. The summed E-state index contributed by atoms with van der Waals surface area (Å²) in [4.78, 5) is 11.8. The van der Waals surface area contributed by atoms with Crippen molar-refractivity contribution in [3.8, 4) is 0 Å². The number of halogens is 1. The Labute approximate surface area is 153 Å². The molecule has 0 aliphatic carbocycles. The van der Waals surface area contributed by atoms with Gasteiger partial charge < -0.3 is 4.90 Å². The topological polar surface area (TPSA) is 28.5 Å². The number of aliphatic imine (C=N–C) groups is 1. The molecule has 0 saturated carbocycles. The summed E-state index contributed by atoms with van der Waals surface area (Å²) in [5.41, 5.74) is 2.94. The van der Waals surface area contributed by atoms with Crippen LogP contribution in [0, 0.1) is 11.2 Å². The van der Waals surface area contributed by atoms with E-state index in [9.17, 15) is 4.39 Å². The first kappa shape index (κ1) is 16.7. The minimum Gasteiger partial charge on any atom is -0.324 e. The predicted octanol–water partition coefficient (Wildman–Crippen LogP) is 5.06. The fourth-order valence-electron chi connectivity index (χ4n) is 3.33. The lowest BCUT2D eigenvalue weighted by Crippen LogP contribution is -2.34. The minimum absolute atomic E-state index is 0.0397. The van der Waals surface area contributed by atoms with Crippen LogP contribution in [0.25, 0.3) is 10.9 Å². The third-order valence-corrected chi connectivity index (χ3v) is 4.90. The molecule has 0 fully saturated rings. The molecule has 0 saturated heterocycles. The largest absolute Gasteiger partial charge is 0.324 e. The van der Waals surface area contributed by atoms with Crippen LogP contribution in [0.4, 0.5) is 10.1 Å². The number of benzene rings is 2. The first-order valence-corrected chi connectivity index (χ1v) is 8.88. The molecule has 0 bridgehead atoms. The molecule has 1 unspecified atom stereocenters. The second-order valence-corrected chi connectivity index (χ2v) is 7.80. The summed E-state index contributed by atoms with van der Waals surface area (Å²) < 4.78 is 13.4. The van der Waals surface area contributed by atoms with Crippen molar-refractivity contribution in [2.45, 2.75) is 26.8 Å². The lowest BCUT2D eigenvalue weighted by Gasteiger charge is -2.26. The van der Waals surface area contributed by atoms with Crippen LogP contribution in [0.2, 0.25) is 0 Å². The molecule has 1 atom stereocenters. The number of rotatable bonds is 2. The van der Waals surface area contributed by atoms with E-state index in [1.54, 1.807) is 0 Å². The number of amidine groups is 1. The van der Waals surface area contributed by atoms with E-state index < -0.39 is 0 Å². The maximum absolute atomic E-state index is 13.4. The average Bonchev–Trinajstić information content (AvgIpc) is 3.07. The zero-order valence-corrected chi connectivity index (χ0v) is 15.3. The molecule has 0 radical (unpaired) electrons. The number of fused-ring (bicyclic) bond motifs is 1. The molecule has 4 rings (SSSR count). The first-order chi connectivity index (χ1) is 12.4. The zero-order chi connectivity index (χ0) is 18.3. The normalized spacial score (nSPS) is 17.6. The van der Waals surface area contributed by atoms with E-state index in [-0.39, 0.29) is 17.3 Å². The van der Waals surface area contributed by atoms with Gasteiger partial charge in [0, 0.05) is 29.4 Å². The summed E-state index contributed by atoms with van der Waals surface area (Å²) in [6.45, 7) is 7.38. The number of pyridine rings is 1. The predicted molar refractivity (Wildman–Crippen MR) is 105 cm³/mol. The quantitative estimate of drug-likeness (QED) is 0.648. The third kappa shape index (κ3) is 2.96. The first-order valence-electron chi connectivity index (χ1n) is 8.88. The van der Waals surface area contributed by atoms with E-state index >= 15 is 0 Å². The van der Waals surface area contributed by atoms with Crippen molar-refractivity contribution in [2.75, 3.05) is 11.4 Å². The summed E-state index contributed by atoms with van der Waals surface area (Å²) in [5, 5.41) is 1.09. The molecular formula is C22H22FN3. The van der Waals surface area contributed by atoms with Gasteiger partial charge in [0.1, 0.15) is 11.7 Å². The maximum Gasteiger partial charge on any atom is 0.138 e. The van der Waals surface area contributed by atoms with Crippen molar-refractivity contribution in [1.29, 1.82) is 0 Å². The molecule has 1 aliphatic rings. The molecule has 26 heavy (non-hydrogen) atoms. The minimum atomic E-state index is -0.231. The Balaban J connectivity index is 1.87. The van der Waals surface area contributed by atoms with Crippen LogP contribution in [0.3, 0.4) is 0 Å². The fraction of sp³-hybridized carbons (Fsp3) is 0.273. The van der Waals surface area contributed by atoms with Crippen LogP contribution in [-0.4, -0.2) is 23.4 Å². The Morgan fingerprint density at radius 2 is 1.73 bits per heavy atom. The molecule has 1 aromatic heterocycles. The Bertz CT molecular complexity index is 965. The van der Waals surface area contributed by atoms with Crippen molar-refractivity contribution in [2.24, 2.45) is 10.4 Å². The highest BCUT2D eigenvalue weighted by Gasteiger charge is 2.35.